The number of methoxy groups -OCH3 is 1. The first-order valence-corrected chi connectivity index (χ1v) is 11.8. The Balaban J connectivity index is 1.39. The van der Waals surface area contributed by atoms with Crippen LogP contribution in [0, 0.1) is 0 Å². The number of ether oxygens (including phenoxy) is 5. The quantitative estimate of drug-likeness (QED) is 0.450. The summed E-state index contributed by atoms with van der Waals surface area (Å²) < 4.78 is 33.0. The minimum absolute atomic E-state index is 0.163. The Hall–Kier alpha value is -2.62. The van der Waals surface area contributed by atoms with Crippen molar-refractivity contribution >= 4 is 17.4 Å². The number of aromatic nitrogens is 2. The highest BCUT2D eigenvalue weighted by molar-refractivity contribution is 7.80. The molecule has 2 aromatic carbocycles. The first kappa shape index (κ1) is 23.1. The van der Waals surface area contributed by atoms with E-state index in [0.29, 0.717) is 19.6 Å². The molecule has 178 valence electrons. The van der Waals surface area contributed by atoms with Gasteiger partial charge in [-0.3, -0.25) is 4.57 Å². The van der Waals surface area contributed by atoms with E-state index in [4.69, 9.17) is 35.9 Å². The van der Waals surface area contributed by atoms with E-state index in [0.717, 1.165) is 17.5 Å². The molecule has 1 aliphatic carbocycles. The third-order valence-corrected chi connectivity index (χ3v) is 6.79. The largest absolute Gasteiger partial charge is 0.458 e. The van der Waals surface area contributed by atoms with E-state index in [1.807, 2.05) is 48.5 Å². The standard InChI is InChI=1S/C26H28N2O5S/c1-29-24-23(33-25(34)28-15-14-27-18-28)26(31-17-20-10-6-3-7-11-20)13-12-21(22(26)32-24)30-16-19-8-4-2-5-9-19/h2-11,14-15,18,21-24H,12-13,16-17H2,1H3/t21-,22-,23+,24-,26-/m1/s1. The molecule has 0 spiro atoms. The molecule has 1 saturated heterocycles. The number of rotatable bonds is 8. The zero-order chi connectivity index (χ0) is 23.4. The van der Waals surface area contributed by atoms with Gasteiger partial charge in [-0.1, -0.05) is 60.7 Å². The number of nitrogens with zero attached hydrogens (tertiary/aromatic N) is 2. The molecule has 8 heteroatoms. The van der Waals surface area contributed by atoms with E-state index in [1.165, 1.54) is 0 Å². The molecule has 0 bridgehead atoms. The molecule has 3 aromatic rings. The van der Waals surface area contributed by atoms with Crippen LogP contribution in [0.4, 0.5) is 0 Å². The Morgan fingerprint density at radius 1 is 1.09 bits per heavy atom. The molecule has 5 rings (SSSR count). The lowest BCUT2D eigenvalue weighted by Gasteiger charge is -2.35. The Labute approximate surface area is 204 Å². The van der Waals surface area contributed by atoms with E-state index >= 15 is 0 Å². The van der Waals surface area contributed by atoms with Crippen molar-refractivity contribution < 1.29 is 23.7 Å². The highest BCUT2D eigenvalue weighted by Crippen LogP contribution is 2.49. The van der Waals surface area contributed by atoms with Gasteiger partial charge in [-0.2, -0.15) is 0 Å². The van der Waals surface area contributed by atoms with Gasteiger partial charge in [-0.15, -0.1) is 0 Å². The van der Waals surface area contributed by atoms with Crippen LogP contribution in [0.25, 0.3) is 0 Å². The SMILES string of the molecule is CO[C@@H]1O[C@@H]2[C@H](OCc3ccccc3)CC[C@]2(OCc2ccccc2)[C@H]1OC(=S)n1ccnc1. The van der Waals surface area contributed by atoms with Crippen LogP contribution in [-0.2, 0) is 36.9 Å². The lowest BCUT2D eigenvalue weighted by atomic mass is 9.93. The zero-order valence-corrected chi connectivity index (χ0v) is 19.8. The average Bonchev–Trinajstić information content (AvgIpc) is 3.60. The molecule has 0 radical (unpaired) electrons. The second kappa shape index (κ2) is 10.3. The van der Waals surface area contributed by atoms with Gasteiger partial charge in [0.2, 0.25) is 0 Å². The van der Waals surface area contributed by atoms with Crippen molar-refractivity contribution in [3.63, 3.8) is 0 Å². The van der Waals surface area contributed by atoms with Gasteiger partial charge in [0.15, 0.2) is 12.4 Å². The van der Waals surface area contributed by atoms with Gasteiger partial charge >= 0.3 is 0 Å². The Morgan fingerprint density at radius 2 is 1.79 bits per heavy atom. The predicted octanol–water partition coefficient (Wildman–Crippen LogP) is 4.11. The van der Waals surface area contributed by atoms with E-state index in [1.54, 1.807) is 30.4 Å². The fourth-order valence-corrected chi connectivity index (χ4v) is 4.99. The second-order valence-electron chi connectivity index (χ2n) is 8.54. The molecule has 7 nitrogen and oxygen atoms in total. The maximum atomic E-state index is 6.65. The molecule has 0 amide bonds. The summed E-state index contributed by atoms with van der Waals surface area (Å²) in [5.74, 6) is 0. The smallest absolute Gasteiger partial charge is 0.269 e. The normalized spacial score (nSPS) is 28.0. The summed E-state index contributed by atoms with van der Waals surface area (Å²) in [6, 6.07) is 20.2. The minimum Gasteiger partial charge on any atom is -0.458 e. The van der Waals surface area contributed by atoms with Gasteiger partial charge < -0.3 is 23.7 Å². The first-order valence-electron chi connectivity index (χ1n) is 11.4. The number of hydrogen-bond donors (Lipinski definition) is 0. The van der Waals surface area contributed by atoms with Crippen molar-refractivity contribution in [2.24, 2.45) is 0 Å². The molecule has 0 N–H and O–H groups in total. The van der Waals surface area contributed by atoms with Crippen LogP contribution in [0.5, 0.6) is 0 Å². The molecule has 5 atom stereocenters. The summed E-state index contributed by atoms with van der Waals surface area (Å²) >= 11 is 5.55. The average molecular weight is 481 g/mol. The molecule has 1 saturated carbocycles. The van der Waals surface area contributed by atoms with E-state index in [-0.39, 0.29) is 17.4 Å². The summed E-state index contributed by atoms with van der Waals surface area (Å²) in [4.78, 5) is 4.06. The Bertz CT molecular complexity index is 1070. The molecule has 2 heterocycles. The molecule has 1 aromatic heterocycles. The fraction of sp³-hybridized carbons (Fsp3) is 0.385. The van der Waals surface area contributed by atoms with Crippen molar-refractivity contribution in [1.29, 1.82) is 0 Å². The Kier molecular flexibility index (Phi) is 7.03. The van der Waals surface area contributed by atoms with Crippen LogP contribution >= 0.6 is 12.2 Å². The van der Waals surface area contributed by atoms with Gasteiger partial charge in [-0.25, -0.2) is 4.98 Å². The van der Waals surface area contributed by atoms with Gasteiger partial charge in [-0.05, 0) is 36.2 Å². The number of benzene rings is 2. The number of hydrogen-bond acceptors (Lipinski definition) is 7. The van der Waals surface area contributed by atoms with E-state index in [2.05, 4.69) is 17.1 Å². The summed E-state index contributed by atoms with van der Waals surface area (Å²) in [7, 11) is 1.60. The molecular weight excluding hydrogens is 452 g/mol. The van der Waals surface area contributed by atoms with Gasteiger partial charge in [0.25, 0.3) is 5.17 Å². The summed E-state index contributed by atoms with van der Waals surface area (Å²) in [6.45, 7) is 0.914. The second-order valence-corrected chi connectivity index (χ2v) is 8.89. The monoisotopic (exact) mass is 480 g/mol. The van der Waals surface area contributed by atoms with Crippen LogP contribution in [0.3, 0.4) is 0 Å². The van der Waals surface area contributed by atoms with Crippen LogP contribution in [-0.4, -0.2) is 52.0 Å². The number of imidazole rings is 1. The molecule has 34 heavy (non-hydrogen) atoms. The molecule has 0 unspecified atom stereocenters. The molecule has 2 fully saturated rings. The third-order valence-electron chi connectivity index (χ3n) is 6.48. The van der Waals surface area contributed by atoms with Crippen molar-refractivity contribution in [3.05, 3.63) is 90.5 Å². The number of fused-ring (bicyclic) bond motifs is 1. The van der Waals surface area contributed by atoms with Crippen molar-refractivity contribution in [2.45, 2.75) is 56.3 Å². The molecular formula is C26H28N2O5S. The van der Waals surface area contributed by atoms with Crippen LogP contribution in [0.15, 0.2) is 79.4 Å². The zero-order valence-electron chi connectivity index (χ0n) is 19.0. The maximum Gasteiger partial charge on any atom is 0.269 e. The van der Waals surface area contributed by atoms with Gasteiger partial charge in [0.05, 0.1) is 19.3 Å². The summed E-state index contributed by atoms with van der Waals surface area (Å²) in [5, 5.41) is 0.269. The van der Waals surface area contributed by atoms with Crippen LogP contribution < -0.4 is 0 Å². The van der Waals surface area contributed by atoms with Crippen LogP contribution in [0.2, 0.25) is 0 Å². The highest BCUT2D eigenvalue weighted by Gasteiger charge is 2.66. The maximum absolute atomic E-state index is 6.65. The number of thiocarbonyl (C=S) groups is 1. The van der Waals surface area contributed by atoms with Crippen LogP contribution in [0.1, 0.15) is 24.0 Å². The topological polar surface area (TPSA) is 64.0 Å². The lowest BCUT2D eigenvalue weighted by molar-refractivity contribution is -0.168. The van der Waals surface area contributed by atoms with Crippen molar-refractivity contribution in [2.75, 3.05) is 7.11 Å². The van der Waals surface area contributed by atoms with Crippen molar-refractivity contribution in [1.82, 2.24) is 9.55 Å². The predicted molar refractivity (Wildman–Crippen MR) is 129 cm³/mol. The van der Waals surface area contributed by atoms with E-state index < -0.39 is 18.0 Å². The fourth-order valence-electron chi connectivity index (χ4n) is 4.78. The first-order chi connectivity index (χ1) is 16.7. The van der Waals surface area contributed by atoms with E-state index in [9.17, 15) is 0 Å². The molecule has 1 aliphatic heterocycles. The Morgan fingerprint density at radius 3 is 2.44 bits per heavy atom. The van der Waals surface area contributed by atoms with Crippen molar-refractivity contribution in [3.8, 4) is 0 Å². The molecule has 2 aliphatic rings. The van der Waals surface area contributed by atoms with Gasteiger partial charge in [0.1, 0.15) is 18.0 Å². The third kappa shape index (κ3) is 4.64. The summed E-state index contributed by atoms with van der Waals surface area (Å²) in [5.41, 5.74) is 1.41. The minimum atomic E-state index is -0.775. The summed E-state index contributed by atoms with van der Waals surface area (Å²) in [6.07, 6.45) is 4.75. The lowest BCUT2D eigenvalue weighted by Crippen LogP contribution is -2.51. The van der Waals surface area contributed by atoms with Gasteiger partial charge in [0, 0.05) is 19.5 Å². The highest BCUT2D eigenvalue weighted by atomic mass is 32.1.